The van der Waals surface area contributed by atoms with Gasteiger partial charge < -0.3 is 10.1 Å². The van der Waals surface area contributed by atoms with E-state index in [0.29, 0.717) is 12.8 Å². The third kappa shape index (κ3) is 6.07. The highest BCUT2D eigenvalue weighted by atomic mass is 32.2. The van der Waals surface area contributed by atoms with E-state index in [1.807, 2.05) is 55.5 Å². The Labute approximate surface area is 172 Å². The predicted molar refractivity (Wildman–Crippen MR) is 114 cm³/mol. The Morgan fingerprint density at radius 2 is 1.89 bits per heavy atom. The quantitative estimate of drug-likeness (QED) is 0.315. The molecule has 0 saturated heterocycles. The number of nitrogens with one attached hydrogen (secondary N) is 1. The van der Waals surface area contributed by atoms with Gasteiger partial charge in [0.1, 0.15) is 0 Å². The zero-order valence-electron chi connectivity index (χ0n) is 15.6. The SMILES string of the molecule is C[C@@H](NC(=O)COC(=O)CCCSc1nc2ccccc2s1)c1ccccc1. The largest absolute Gasteiger partial charge is 0.456 e. The Morgan fingerprint density at radius 1 is 1.14 bits per heavy atom. The van der Waals surface area contributed by atoms with Crippen molar-refractivity contribution < 1.29 is 14.3 Å². The summed E-state index contributed by atoms with van der Waals surface area (Å²) < 4.78 is 7.24. The van der Waals surface area contributed by atoms with E-state index in [1.54, 1.807) is 23.1 Å². The van der Waals surface area contributed by atoms with E-state index in [0.717, 1.165) is 21.2 Å². The first kappa shape index (κ1) is 20.4. The molecule has 0 fully saturated rings. The summed E-state index contributed by atoms with van der Waals surface area (Å²) in [5.41, 5.74) is 2.01. The van der Waals surface area contributed by atoms with Crippen molar-refractivity contribution in [2.24, 2.45) is 0 Å². The molecule has 1 amide bonds. The number of ether oxygens (including phenoxy) is 1. The van der Waals surface area contributed by atoms with E-state index < -0.39 is 0 Å². The van der Waals surface area contributed by atoms with Crippen LogP contribution in [0, 0.1) is 0 Å². The minimum Gasteiger partial charge on any atom is -0.456 e. The van der Waals surface area contributed by atoms with Crippen LogP contribution in [0.15, 0.2) is 58.9 Å². The first-order valence-electron chi connectivity index (χ1n) is 9.10. The summed E-state index contributed by atoms with van der Waals surface area (Å²) in [6.45, 7) is 1.65. The molecule has 3 rings (SSSR count). The van der Waals surface area contributed by atoms with E-state index in [9.17, 15) is 9.59 Å². The topological polar surface area (TPSA) is 68.3 Å². The van der Waals surface area contributed by atoms with Crippen LogP contribution in [0.4, 0.5) is 0 Å². The molecule has 146 valence electrons. The molecule has 0 unspecified atom stereocenters. The standard InChI is InChI=1S/C21H22N2O3S2/c1-15(16-8-3-2-4-9-16)22-19(24)14-26-20(25)12-7-13-27-21-23-17-10-5-6-11-18(17)28-21/h2-6,8-11,15H,7,12-14H2,1H3,(H,22,24)/t15-/m1/s1. The summed E-state index contributed by atoms with van der Waals surface area (Å²) in [7, 11) is 0. The van der Waals surface area contributed by atoms with Gasteiger partial charge in [-0.05, 0) is 31.0 Å². The number of aromatic nitrogens is 1. The van der Waals surface area contributed by atoms with Gasteiger partial charge >= 0.3 is 5.97 Å². The van der Waals surface area contributed by atoms with Crippen molar-refractivity contribution in [3.8, 4) is 0 Å². The predicted octanol–water partition coefficient (Wildman–Crippen LogP) is 4.59. The van der Waals surface area contributed by atoms with Crippen LogP contribution >= 0.6 is 23.1 Å². The smallest absolute Gasteiger partial charge is 0.306 e. The number of esters is 1. The normalized spacial score (nSPS) is 11.9. The van der Waals surface area contributed by atoms with Gasteiger partial charge in [-0.2, -0.15) is 0 Å². The first-order valence-corrected chi connectivity index (χ1v) is 10.9. The Hall–Kier alpha value is -2.38. The highest BCUT2D eigenvalue weighted by Crippen LogP contribution is 2.29. The van der Waals surface area contributed by atoms with E-state index in [1.165, 1.54) is 4.70 Å². The maximum absolute atomic E-state index is 11.9. The van der Waals surface area contributed by atoms with Crippen LogP contribution in [-0.2, 0) is 14.3 Å². The van der Waals surface area contributed by atoms with E-state index >= 15 is 0 Å². The molecule has 7 heteroatoms. The molecule has 5 nitrogen and oxygen atoms in total. The van der Waals surface area contributed by atoms with Crippen molar-refractivity contribution >= 4 is 45.2 Å². The number of rotatable bonds is 9. The first-order chi connectivity index (χ1) is 13.6. The second kappa shape index (κ2) is 10.2. The number of para-hydroxylation sites is 1. The van der Waals surface area contributed by atoms with Gasteiger partial charge in [0, 0.05) is 12.2 Å². The van der Waals surface area contributed by atoms with Gasteiger partial charge in [0.25, 0.3) is 5.91 Å². The highest BCUT2D eigenvalue weighted by Gasteiger charge is 2.12. The summed E-state index contributed by atoms with van der Waals surface area (Å²) in [6, 6.07) is 17.6. The van der Waals surface area contributed by atoms with Crippen molar-refractivity contribution in [3.63, 3.8) is 0 Å². The van der Waals surface area contributed by atoms with Gasteiger partial charge in [-0.25, -0.2) is 4.98 Å². The molecule has 1 N–H and O–H groups in total. The number of hydrogen-bond donors (Lipinski definition) is 1. The Bertz CT molecular complexity index is 895. The molecular weight excluding hydrogens is 392 g/mol. The van der Waals surface area contributed by atoms with Gasteiger partial charge in [-0.3, -0.25) is 9.59 Å². The number of carbonyl (C=O) groups excluding carboxylic acids is 2. The fourth-order valence-corrected chi connectivity index (χ4v) is 4.69. The molecule has 0 radical (unpaired) electrons. The zero-order chi connectivity index (χ0) is 19.8. The summed E-state index contributed by atoms with van der Waals surface area (Å²) in [6.07, 6.45) is 0.973. The van der Waals surface area contributed by atoms with Crippen molar-refractivity contribution in [1.29, 1.82) is 0 Å². The number of benzene rings is 2. The van der Waals surface area contributed by atoms with Crippen molar-refractivity contribution in [2.45, 2.75) is 30.1 Å². The molecule has 3 aromatic rings. The summed E-state index contributed by atoms with van der Waals surface area (Å²) >= 11 is 3.30. The molecule has 0 aliphatic heterocycles. The minimum atomic E-state index is -0.354. The maximum Gasteiger partial charge on any atom is 0.306 e. The molecule has 2 aromatic carbocycles. The Morgan fingerprint density at radius 3 is 2.68 bits per heavy atom. The lowest BCUT2D eigenvalue weighted by molar-refractivity contribution is -0.148. The molecule has 0 aliphatic carbocycles. The van der Waals surface area contributed by atoms with E-state index in [-0.39, 0.29) is 24.5 Å². The Kier molecular flexibility index (Phi) is 7.45. The molecule has 0 saturated carbocycles. The summed E-state index contributed by atoms with van der Waals surface area (Å²) in [5.74, 6) is 0.132. The van der Waals surface area contributed by atoms with Crippen LogP contribution < -0.4 is 5.32 Å². The van der Waals surface area contributed by atoms with Gasteiger partial charge in [-0.1, -0.05) is 54.2 Å². The van der Waals surface area contributed by atoms with Crippen LogP contribution in [0.1, 0.15) is 31.4 Å². The highest BCUT2D eigenvalue weighted by molar-refractivity contribution is 8.01. The summed E-state index contributed by atoms with van der Waals surface area (Å²) in [4.78, 5) is 28.3. The molecular formula is C21H22N2O3S2. The molecule has 1 aromatic heterocycles. The third-order valence-corrected chi connectivity index (χ3v) is 6.33. The molecule has 0 aliphatic rings. The third-order valence-electron chi connectivity index (χ3n) is 4.07. The van der Waals surface area contributed by atoms with Crippen LogP contribution in [0.2, 0.25) is 0 Å². The molecule has 1 atom stereocenters. The van der Waals surface area contributed by atoms with Crippen LogP contribution in [0.25, 0.3) is 10.2 Å². The number of carbonyl (C=O) groups is 2. The zero-order valence-corrected chi connectivity index (χ0v) is 17.2. The monoisotopic (exact) mass is 414 g/mol. The van der Waals surface area contributed by atoms with E-state index in [4.69, 9.17) is 4.74 Å². The van der Waals surface area contributed by atoms with Gasteiger partial charge in [0.2, 0.25) is 0 Å². The van der Waals surface area contributed by atoms with Crippen LogP contribution in [-0.4, -0.2) is 29.2 Å². The average molecular weight is 415 g/mol. The van der Waals surface area contributed by atoms with Crippen LogP contribution in [0.3, 0.4) is 0 Å². The maximum atomic E-state index is 11.9. The van der Waals surface area contributed by atoms with Gasteiger partial charge in [-0.15, -0.1) is 11.3 Å². The lowest BCUT2D eigenvalue weighted by Gasteiger charge is -2.14. The van der Waals surface area contributed by atoms with Crippen LogP contribution in [0.5, 0.6) is 0 Å². The average Bonchev–Trinajstić information content (AvgIpc) is 3.13. The molecule has 0 bridgehead atoms. The summed E-state index contributed by atoms with van der Waals surface area (Å²) in [5, 5.41) is 2.83. The van der Waals surface area contributed by atoms with Gasteiger partial charge in [0.15, 0.2) is 10.9 Å². The Balaban J connectivity index is 1.31. The molecule has 1 heterocycles. The fraction of sp³-hybridized carbons (Fsp3) is 0.286. The molecule has 0 spiro atoms. The number of hydrogen-bond acceptors (Lipinski definition) is 6. The van der Waals surface area contributed by atoms with Crippen molar-refractivity contribution in [3.05, 3.63) is 60.2 Å². The minimum absolute atomic E-state index is 0.127. The molecule has 28 heavy (non-hydrogen) atoms. The second-order valence-electron chi connectivity index (χ2n) is 6.26. The van der Waals surface area contributed by atoms with E-state index in [2.05, 4.69) is 16.4 Å². The number of thiazole rings is 1. The fourth-order valence-electron chi connectivity index (χ4n) is 2.62. The van der Waals surface area contributed by atoms with Gasteiger partial charge in [0.05, 0.1) is 16.3 Å². The van der Waals surface area contributed by atoms with Crippen molar-refractivity contribution in [1.82, 2.24) is 10.3 Å². The number of nitrogens with zero attached hydrogens (tertiary/aromatic N) is 1. The second-order valence-corrected chi connectivity index (χ2v) is 8.63. The number of amides is 1. The number of fused-ring (bicyclic) bond motifs is 1. The van der Waals surface area contributed by atoms with Crippen molar-refractivity contribution in [2.75, 3.05) is 12.4 Å². The lowest BCUT2D eigenvalue weighted by Crippen LogP contribution is -2.31. The lowest BCUT2D eigenvalue weighted by atomic mass is 10.1. The number of thioether (sulfide) groups is 1.